The molecule has 5 heteroatoms. The zero-order valence-electron chi connectivity index (χ0n) is 16.7. The fraction of sp³-hybridized carbons (Fsp3) is 0.591. The molecule has 5 nitrogen and oxygen atoms in total. The largest absolute Gasteiger partial charge is 0.338 e. The van der Waals surface area contributed by atoms with E-state index in [1.807, 2.05) is 37.8 Å². The second kappa shape index (κ2) is 5.66. The Hall–Kier alpha value is -2.17. The van der Waals surface area contributed by atoms with Gasteiger partial charge in [-0.1, -0.05) is 45.0 Å². The van der Waals surface area contributed by atoms with Gasteiger partial charge >= 0.3 is 0 Å². The number of rotatable bonds is 1. The van der Waals surface area contributed by atoms with Crippen molar-refractivity contribution >= 4 is 17.7 Å². The molecular weight excluding hydrogens is 340 g/mol. The van der Waals surface area contributed by atoms with Gasteiger partial charge < -0.3 is 4.90 Å². The van der Waals surface area contributed by atoms with Crippen molar-refractivity contribution in [2.24, 2.45) is 16.2 Å². The maximum absolute atomic E-state index is 13.6. The molecule has 4 rings (SSSR count). The van der Waals surface area contributed by atoms with Crippen molar-refractivity contribution in [3.8, 4) is 0 Å². The van der Waals surface area contributed by atoms with Gasteiger partial charge in [-0.2, -0.15) is 0 Å². The van der Waals surface area contributed by atoms with Crippen molar-refractivity contribution in [2.45, 2.75) is 53.0 Å². The molecule has 144 valence electrons. The molecule has 3 aliphatic rings. The second-order valence-electron chi connectivity index (χ2n) is 9.63. The van der Waals surface area contributed by atoms with E-state index in [2.05, 4.69) is 12.1 Å². The normalized spacial score (nSPS) is 35.9. The number of carbonyl (C=O) groups excluding carboxylic acids is 3. The van der Waals surface area contributed by atoms with Gasteiger partial charge in [-0.25, -0.2) is 0 Å². The summed E-state index contributed by atoms with van der Waals surface area (Å²) in [5.74, 6) is -0.209. The fourth-order valence-electron chi connectivity index (χ4n) is 6.18. The van der Waals surface area contributed by atoms with Gasteiger partial charge in [0.2, 0.25) is 17.7 Å². The third-order valence-electron chi connectivity index (χ3n) is 6.92. The summed E-state index contributed by atoms with van der Waals surface area (Å²) in [5.41, 5.74) is 0.487. The van der Waals surface area contributed by atoms with Crippen LogP contribution in [-0.2, 0) is 27.3 Å². The van der Waals surface area contributed by atoms with Crippen LogP contribution in [0.15, 0.2) is 24.3 Å². The van der Waals surface area contributed by atoms with E-state index in [0.29, 0.717) is 32.4 Å². The van der Waals surface area contributed by atoms with Crippen LogP contribution >= 0.6 is 0 Å². The highest BCUT2D eigenvalue weighted by atomic mass is 16.2. The van der Waals surface area contributed by atoms with Gasteiger partial charge in [0.1, 0.15) is 0 Å². The summed E-state index contributed by atoms with van der Waals surface area (Å²) in [6.45, 7) is 7.11. The summed E-state index contributed by atoms with van der Waals surface area (Å²) in [7, 11) is 1.58. The molecule has 2 atom stereocenters. The maximum Gasteiger partial charge on any atom is 0.234 e. The van der Waals surface area contributed by atoms with Crippen LogP contribution in [0, 0.1) is 16.2 Å². The average molecular weight is 368 g/mol. The predicted octanol–water partition coefficient (Wildman–Crippen LogP) is 2.77. The fourth-order valence-corrected chi connectivity index (χ4v) is 6.18. The highest BCUT2D eigenvalue weighted by Crippen LogP contribution is 2.58. The summed E-state index contributed by atoms with van der Waals surface area (Å²) in [4.78, 5) is 42.5. The van der Waals surface area contributed by atoms with Crippen molar-refractivity contribution in [3.05, 3.63) is 35.4 Å². The Balaban J connectivity index is 1.65. The lowest BCUT2D eigenvalue weighted by Crippen LogP contribution is -2.64. The summed E-state index contributed by atoms with van der Waals surface area (Å²) in [6, 6.07) is 8.25. The van der Waals surface area contributed by atoms with Gasteiger partial charge in [0.25, 0.3) is 0 Å². The van der Waals surface area contributed by atoms with Gasteiger partial charge in [-0.05, 0) is 36.8 Å². The quantitative estimate of drug-likeness (QED) is 0.716. The average Bonchev–Trinajstić information content (AvgIpc) is 2.63. The Bertz CT molecular complexity index is 818. The van der Waals surface area contributed by atoms with E-state index in [1.165, 1.54) is 16.0 Å². The lowest BCUT2D eigenvalue weighted by atomic mass is 9.51. The molecule has 2 heterocycles. The number of likely N-dealkylation sites (tertiary alicyclic amines) is 1. The SMILES string of the molecule is CN1C(=O)C2(C)CC(C)(C(=O)N3CCc4ccccc4C3)CC(C)(C2)C1=O. The third kappa shape index (κ3) is 2.62. The summed E-state index contributed by atoms with van der Waals surface area (Å²) < 4.78 is 0. The van der Waals surface area contributed by atoms with Gasteiger partial charge in [-0.3, -0.25) is 19.3 Å². The number of hydrogen-bond acceptors (Lipinski definition) is 3. The number of amides is 3. The molecule has 0 radical (unpaired) electrons. The van der Waals surface area contributed by atoms with Crippen molar-refractivity contribution in [1.29, 1.82) is 0 Å². The van der Waals surface area contributed by atoms with Crippen molar-refractivity contribution in [1.82, 2.24) is 9.80 Å². The van der Waals surface area contributed by atoms with Crippen LogP contribution in [0.25, 0.3) is 0 Å². The lowest BCUT2D eigenvalue weighted by Gasteiger charge is -2.56. The predicted molar refractivity (Wildman–Crippen MR) is 102 cm³/mol. The molecule has 1 aliphatic carbocycles. The van der Waals surface area contributed by atoms with E-state index >= 15 is 0 Å². The first-order valence-corrected chi connectivity index (χ1v) is 9.77. The lowest BCUT2D eigenvalue weighted by molar-refractivity contribution is -0.180. The topological polar surface area (TPSA) is 57.7 Å². The molecule has 27 heavy (non-hydrogen) atoms. The molecule has 3 amide bonds. The zero-order valence-corrected chi connectivity index (χ0v) is 16.7. The number of fused-ring (bicyclic) bond motifs is 3. The zero-order chi connectivity index (χ0) is 19.6. The molecule has 1 saturated carbocycles. The minimum Gasteiger partial charge on any atom is -0.338 e. The minimum absolute atomic E-state index is 0.0827. The van der Waals surface area contributed by atoms with E-state index < -0.39 is 16.2 Å². The van der Waals surface area contributed by atoms with Crippen LogP contribution in [0.3, 0.4) is 0 Å². The smallest absolute Gasteiger partial charge is 0.234 e. The molecule has 0 N–H and O–H groups in total. The van der Waals surface area contributed by atoms with Crippen LogP contribution in [0.4, 0.5) is 0 Å². The van der Waals surface area contributed by atoms with E-state index in [-0.39, 0.29) is 17.7 Å². The molecule has 0 aromatic heterocycles. The van der Waals surface area contributed by atoms with Crippen molar-refractivity contribution in [2.75, 3.05) is 13.6 Å². The Labute approximate surface area is 160 Å². The van der Waals surface area contributed by atoms with Crippen molar-refractivity contribution < 1.29 is 14.4 Å². The first-order chi connectivity index (χ1) is 12.6. The standard InChI is InChI=1S/C22H28N2O3/c1-20-12-21(2,18(26)23(4)17(20)25)14-22(3,13-20)19(27)24-10-9-15-7-5-6-8-16(15)11-24/h5-8H,9-14H2,1-4H3. The van der Waals surface area contributed by atoms with E-state index in [1.54, 1.807) is 7.05 Å². The molecule has 2 bridgehead atoms. The monoisotopic (exact) mass is 368 g/mol. The number of benzene rings is 1. The molecular formula is C22H28N2O3. The highest BCUT2D eigenvalue weighted by Gasteiger charge is 2.63. The Morgan fingerprint density at radius 1 is 0.926 bits per heavy atom. The molecule has 2 aliphatic heterocycles. The highest BCUT2D eigenvalue weighted by molar-refractivity contribution is 6.04. The second-order valence-corrected chi connectivity index (χ2v) is 9.63. The summed E-state index contributed by atoms with van der Waals surface area (Å²) in [6.07, 6.45) is 2.40. The molecule has 0 spiro atoms. The van der Waals surface area contributed by atoms with E-state index in [4.69, 9.17) is 0 Å². The first kappa shape index (κ1) is 18.2. The van der Waals surface area contributed by atoms with Gasteiger partial charge in [0.15, 0.2) is 0 Å². The number of nitrogens with zero attached hydrogens (tertiary/aromatic N) is 2. The number of imide groups is 1. The number of hydrogen-bond donors (Lipinski definition) is 0. The Kier molecular flexibility index (Phi) is 3.82. The van der Waals surface area contributed by atoms with Crippen LogP contribution in [0.5, 0.6) is 0 Å². The number of carbonyl (C=O) groups is 3. The molecule has 2 fully saturated rings. The molecule has 2 unspecified atom stereocenters. The molecule has 1 saturated heterocycles. The van der Waals surface area contributed by atoms with Crippen molar-refractivity contribution in [3.63, 3.8) is 0 Å². The molecule has 1 aromatic rings. The first-order valence-electron chi connectivity index (χ1n) is 9.77. The van der Waals surface area contributed by atoms with Gasteiger partial charge in [0.05, 0.1) is 0 Å². The third-order valence-corrected chi connectivity index (χ3v) is 6.92. The van der Waals surface area contributed by atoms with Crippen LogP contribution in [0.1, 0.15) is 51.2 Å². The van der Waals surface area contributed by atoms with Crippen LogP contribution in [-0.4, -0.2) is 41.1 Å². The summed E-state index contributed by atoms with van der Waals surface area (Å²) in [5, 5.41) is 0. The maximum atomic E-state index is 13.6. The van der Waals surface area contributed by atoms with Crippen LogP contribution < -0.4 is 0 Å². The Morgan fingerprint density at radius 3 is 2.07 bits per heavy atom. The Morgan fingerprint density at radius 2 is 1.48 bits per heavy atom. The molecule has 1 aromatic carbocycles. The van der Waals surface area contributed by atoms with Gasteiger partial charge in [0, 0.05) is 36.4 Å². The minimum atomic E-state index is -0.694. The van der Waals surface area contributed by atoms with Crippen LogP contribution in [0.2, 0.25) is 0 Å². The van der Waals surface area contributed by atoms with E-state index in [0.717, 1.165) is 6.42 Å². The van der Waals surface area contributed by atoms with E-state index in [9.17, 15) is 14.4 Å². The summed E-state index contributed by atoms with van der Waals surface area (Å²) >= 11 is 0. The van der Waals surface area contributed by atoms with Gasteiger partial charge in [-0.15, -0.1) is 0 Å². The number of piperidine rings is 1.